The standard InChI is InChI=1S/C20H19ClN4O3/c21-15-6-5-12(9-16(15)23-18(26)13-7-8-22-10-13)11-25-17-4-2-1-3-14(17)19(27)24-20(25)28/h1-6,9,13,22H,7-8,10-11H2,(H,23,26)(H,24,27,28)/t13-/m0/s1. The number of nitrogens with one attached hydrogen (secondary N) is 3. The van der Waals surface area contributed by atoms with E-state index in [-0.39, 0.29) is 18.4 Å². The Morgan fingerprint density at radius 1 is 1.21 bits per heavy atom. The molecule has 7 nitrogen and oxygen atoms in total. The van der Waals surface area contributed by atoms with Gasteiger partial charge in [0.15, 0.2) is 0 Å². The lowest BCUT2D eigenvalue weighted by atomic mass is 10.1. The Balaban J connectivity index is 1.66. The molecule has 2 aromatic carbocycles. The fourth-order valence-corrected chi connectivity index (χ4v) is 3.63. The van der Waals surface area contributed by atoms with Gasteiger partial charge in [-0.15, -0.1) is 0 Å². The van der Waals surface area contributed by atoms with Gasteiger partial charge in [-0.2, -0.15) is 0 Å². The molecule has 0 saturated carbocycles. The van der Waals surface area contributed by atoms with Crippen molar-refractivity contribution in [2.45, 2.75) is 13.0 Å². The minimum Gasteiger partial charge on any atom is -0.324 e. The van der Waals surface area contributed by atoms with Gasteiger partial charge in [-0.1, -0.05) is 29.8 Å². The first-order valence-electron chi connectivity index (χ1n) is 9.05. The molecular formula is C20H19ClN4O3. The predicted octanol–water partition coefficient (Wildman–Crippen LogP) is 1.94. The molecule has 3 aromatic rings. The fourth-order valence-electron chi connectivity index (χ4n) is 3.46. The number of aromatic nitrogens is 2. The number of hydrogen-bond donors (Lipinski definition) is 3. The van der Waals surface area contributed by atoms with Crippen molar-refractivity contribution in [1.29, 1.82) is 0 Å². The topological polar surface area (TPSA) is 96.0 Å². The number of carbonyl (C=O) groups is 1. The summed E-state index contributed by atoms with van der Waals surface area (Å²) in [4.78, 5) is 39.1. The number of amides is 1. The summed E-state index contributed by atoms with van der Waals surface area (Å²) in [6, 6.07) is 12.2. The first-order valence-corrected chi connectivity index (χ1v) is 9.42. The van der Waals surface area contributed by atoms with E-state index in [2.05, 4.69) is 15.6 Å². The van der Waals surface area contributed by atoms with Crippen LogP contribution in [0.1, 0.15) is 12.0 Å². The van der Waals surface area contributed by atoms with E-state index < -0.39 is 11.2 Å². The number of anilines is 1. The molecule has 28 heavy (non-hydrogen) atoms. The van der Waals surface area contributed by atoms with Gasteiger partial charge in [0.05, 0.1) is 34.1 Å². The number of fused-ring (bicyclic) bond motifs is 1. The Hall–Kier alpha value is -2.90. The highest BCUT2D eigenvalue weighted by Gasteiger charge is 2.23. The zero-order chi connectivity index (χ0) is 19.7. The second-order valence-corrected chi connectivity index (χ2v) is 7.26. The maximum Gasteiger partial charge on any atom is 0.329 e. The number of aromatic amines is 1. The number of benzene rings is 2. The number of nitrogens with zero attached hydrogens (tertiary/aromatic N) is 1. The summed E-state index contributed by atoms with van der Waals surface area (Å²) in [5.41, 5.74) is 0.947. The highest BCUT2D eigenvalue weighted by atomic mass is 35.5. The van der Waals surface area contributed by atoms with Crippen LogP contribution >= 0.6 is 11.6 Å². The van der Waals surface area contributed by atoms with Crippen LogP contribution in [0.2, 0.25) is 5.02 Å². The summed E-state index contributed by atoms with van der Waals surface area (Å²) in [7, 11) is 0. The first kappa shape index (κ1) is 18.5. The Bertz CT molecular complexity index is 1160. The van der Waals surface area contributed by atoms with Gasteiger partial charge in [0.1, 0.15) is 0 Å². The maximum atomic E-state index is 12.4. The zero-order valence-electron chi connectivity index (χ0n) is 15.0. The van der Waals surface area contributed by atoms with E-state index in [1.165, 1.54) is 4.57 Å². The van der Waals surface area contributed by atoms with Gasteiger partial charge in [-0.25, -0.2) is 4.79 Å². The van der Waals surface area contributed by atoms with Crippen LogP contribution in [0.4, 0.5) is 5.69 Å². The predicted molar refractivity (Wildman–Crippen MR) is 109 cm³/mol. The molecule has 1 aliphatic heterocycles. The normalized spacial score (nSPS) is 16.4. The third kappa shape index (κ3) is 3.58. The summed E-state index contributed by atoms with van der Waals surface area (Å²) in [5.74, 6) is -0.152. The molecule has 1 atom stereocenters. The van der Waals surface area contributed by atoms with Crippen molar-refractivity contribution in [3.63, 3.8) is 0 Å². The maximum absolute atomic E-state index is 12.4. The van der Waals surface area contributed by atoms with E-state index in [1.54, 1.807) is 42.5 Å². The van der Waals surface area contributed by atoms with Crippen molar-refractivity contribution in [3.8, 4) is 0 Å². The Kier molecular flexibility index (Phi) is 5.02. The van der Waals surface area contributed by atoms with Crippen LogP contribution in [-0.4, -0.2) is 28.5 Å². The van der Waals surface area contributed by atoms with E-state index in [0.717, 1.165) is 18.5 Å². The number of carbonyl (C=O) groups excluding carboxylic acids is 1. The molecule has 0 bridgehead atoms. The highest BCUT2D eigenvalue weighted by Crippen LogP contribution is 2.25. The molecule has 1 saturated heterocycles. The average molecular weight is 399 g/mol. The fraction of sp³-hybridized carbons (Fsp3) is 0.250. The van der Waals surface area contributed by atoms with Gasteiger partial charge in [0.25, 0.3) is 5.56 Å². The molecule has 0 aliphatic carbocycles. The lowest BCUT2D eigenvalue weighted by Crippen LogP contribution is -2.30. The summed E-state index contributed by atoms with van der Waals surface area (Å²) < 4.78 is 1.49. The van der Waals surface area contributed by atoms with Crippen molar-refractivity contribution >= 4 is 34.1 Å². The van der Waals surface area contributed by atoms with Crippen LogP contribution in [0.3, 0.4) is 0 Å². The Labute approximate surface area is 165 Å². The van der Waals surface area contributed by atoms with Crippen LogP contribution in [0.25, 0.3) is 10.9 Å². The minimum atomic E-state index is -0.485. The van der Waals surface area contributed by atoms with Crippen molar-refractivity contribution in [2.75, 3.05) is 18.4 Å². The first-order chi connectivity index (χ1) is 13.5. The van der Waals surface area contributed by atoms with Crippen LogP contribution < -0.4 is 21.9 Å². The molecule has 1 aromatic heterocycles. The number of rotatable bonds is 4. The Morgan fingerprint density at radius 3 is 2.82 bits per heavy atom. The third-order valence-corrected chi connectivity index (χ3v) is 5.30. The Morgan fingerprint density at radius 2 is 2.04 bits per heavy atom. The summed E-state index contributed by atoms with van der Waals surface area (Å²) in [6.45, 7) is 1.72. The molecule has 1 fully saturated rings. The van der Waals surface area contributed by atoms with Gasteiger partial charge >= 0.3 is 5.69 Å². The zero-order valence-corrected chi connectivity index (χ0v) is 15.8. The molecular weight excluding hydrogens is 380 g/mol. The highest BCUT2D eigenvalue weighted by molar-refractivity contribution is 6.33. The average Bonchev–Trinajstić information content (AvgIpc) is 3.22. The van der Waals surface area contributed by atoms with Crippen molar-refractivity contribution < 1.29 is 4.79 Å². The molecule has 1 amide bonds. The molecule has 0 unspecified atom stereocenters. The molecule has 0 spiro atoms. The van der Waals surface area contributed by atoms with E-state index in [0.29, 0.717) is 28.2 Å². The van der Waals surface area contributed by atoms with Crippen molar-refractivity contribution in [3.05, 3.63) is 73.9 Å². The number of hydrogen-bond acceptors (Lipinski definition) is 4. The van der Waals surface area contributed by atoms with E-state index in [4.69, 9.17) is 11.6 Å². The van der Waals surface area contributed by atoms with Gasteiger partial charge in [0, 0.05) is 6.54 Å². The van der Waals surface area contributed by atoms with Gasteiger partial charge in [-0.05, 0) is 42.8 Å². The number of halogens is 1. The summed E-state index contributed by atoms with van der Waals surface area (Å²) in [6.07, 6.45) is 0.794. The molecule has 0 radical (unpaired) electrons. The van der Waals surface area contributed by atoms with Crippen LogP contribution in [0.5, 0.6) is 0 Å². The lowest BCUT2D eigenvalue weighted by Gasteiger charge is -2.14. The third-order valence-electron chi connectivity index (χ3n) is 4.97. The second kappa shape index (κ2) is 7.61. The lowest BCUT2D eigenvalue weighted by molar-refractivity contribution is -0.119. The SMILES string of the molecule is O=C(Nc1cc(Cn2c(=O)[nH]c(=O)c3ccccc32)ccc1Cl)[C@H]1CCNC1. The summed E-state index contributed by atoms with van der Waals surface area (Å²) in [5, 5.41) is 6.92. The van der Waals surface area contributed by atoms with E-state index in [1.807, 2.05) is 0 Å². The van der Waals surface area contributed by atoms with E-state index >= 15 is 0 Å². The minimum absolute atomic E-state index is 0.0734. The van der Waals surface area contributed by atoms with Crippen LogP contribution in [0.15, 0.2) is 52.1 Å². The van der Waals surface area contributed by atoms with Crippen LogP contribution in [0, 0.1) is 5.92 Å². The van der Waals surface area contributed by atoms with Crippen LogP contribution in [-0.2, 0) is 11.3 Å². The quantitative estimate of drug-likeness (QED) is 0.625. The van der Waals surface area contributed by atoms with Crippen molar-refractivity contribution in [1.82, 2.24) is 14.9 Å². The van der Waals surface area contributed by atoms with Gasteiger partial charge in [0.2, 0.25) is 5.91 Å². The van der Waals surface area contributed by atoms with E-state index in [9.17, 15) is 14.4 Å². The van der Waals surface area contributed by atoms with Gasteiger partial charge < -0.3 is 10.6 Å². The molecule has 8 heteroatoms. The molecule has 144 valence electrons. The monoisotopic (exact) mass is 398 g/mol. The number of para-hydroxylation sites is 1. The molecule has 4 rings (SSSR count). The summed E-state index contributed by atoms with van der Waals surface area (Å²) >= 11 is 6.25. The largest absolute Gasteiger partial charge is 0.329 e. The van der Waals surface area contributed by atoms with Crippen molar-refractivity contribution in [2.24, 2.45) is 5.92 Å². The smallest absolute Gasteiger partial charge is 0.324 e. The number of H-pyrrole nitrogens is 1. The molecule has 1 aliphatic rings. The molecule has 3 N–H and O–H groups in total. The molecule has 2 heterocycles. The second-order valence-electron chi connectivity index (χ2n) is 6.86. The van der Waals surface area contributed by atoms with Gasteiger partial charge in [-0.3, -0.25) is 19.1 Å².